The summed E-state index contributed by atoms with van der Waals surface area (Å²) >= 11 is 0. The molecule has 6 atom stereocenters. The van der Waals surface area contributed by atoms with Crippen LogP contribution < -0.4 is 0 Å². The van der Waals surface area contributed by atoms with E-state index in [1.807, 2.05) is 12.2 Å². The molecule has 1 saturated heterocycles. The first-order chi connectivity index (χ1) is 33.6. The number of carboxylic acids is 1. The molecule has 12 heteroatoms. The summed E-state index contributed by atoms with van der Waals surface area (Å²) in [5.74, 6) is -3.36. The fourth-order valence-electron chi connectivity index (χ4n) is 6.96. The summed E-state index contributed by atoms with van der Waals surface area (Å²) in [6, 6.07) is 0. The number of allylic oxidation sites excluding steroid dienone is 17. The standard InChI is InChI=1S/C57H88O12/c1-4-7-10-13-16-19-21-23-25-27-29-32-34-37-40-43-49(58)65-46-48(67-50(59)44-41-38-35-31-18-15-12-9-6-3)47-66-57-55(53(62)52(61)54(69-57)56(63)64)68-51(60)45-42-39-36-33-30-28-26-24-22-20-17-14-11-8-5-2/h7-8,10-11,16-17,19-20,23-26,29-30,32-33,39,42,48,52-55,57,61-62H,4-6,9,12-15,18,21-22,27-28,31,34-38,40-41,43-47H2,1-3H3,(H,63,64)/b10-7-,11-8-,19-16-,20-17-,25-23-,26-24-,32-29-,33-30-,42-39-. The zero-order valence-electron chi connectivity index (χ0n) is 42.3. The van der Waals surface area contributed by atoms with E-state index in [4.69, 9.17) is 23.7 Å². The predicted molar refractivity (Wildman–Crippen MR) is 275 cm³/mol. The van der Waals surface area contributed by atoms with Crippen LogP contribution in [-0.4, -0.2) is 89.2 Å². The van der Waals surface area contributed by atoms with E-state index in [9.17, 15) is 34.5 Å². The van der Waals surface area contributed by atoms with Crippen LogP contribution in [0, 0.1) is 0 Å². The normalized spacial score (nSPS) is 19.6. The molecule has 1 fully saturated rings. The smallest absolute Gasteiger partial charge is 0.335 e. The van der Waals surface area contributed by atoms with Crippen molar-refractivity contribution in [1.82, 2.24) is 0 Å². The second kappa shape index (κ2) is 44.6. The highest BCUT2D eigenvalue weighted by Gasteiger charge is 2.50. The molecule has 0 aromatic rings. The van der Waals surface area contributed by atoms with Crippen LogP contribution in [0.1, 0.15) is 175 Å². The van der Waals surface area contributed by atoms with E-state index in [0.717, 1.165) is 89.9 Å². The molecule has 1 aliphatic rings. The summed E-state index contributed by atoms with van der Waals surface area (Å²) < 4.78 is 28.1. The fourth-order valence-corrected chi connectivity index (χ4v) is 6.96. The molecule has 0 bridgehead atoms. The van der Waals surface area contributed by atoms with E-state index in [1.165, 1.54) is 25.7 Å². The van der Waals surface area contributed by atoms with E-state index < -0.39 is 67.3 Å². The molecule has 12 nitrogen and oxygen atoms in total. The maximum Gasteiger partial charge on any atom is 0.335 e. The third-order valence-corrected chi connectivity index (χ3v) is 10.9. The van der Waals surface area contributed by atoms with E-state index in [2.05, 4.69) is 106 Å². The zero-order valence-corrected chi connectivity index (χ0v) is 42.3. The van der Waals surface area contributed by atoms with Crippen molar-refractivity contribution in [1.29, 1.82) is 0 Å². The van der Waals surface area contributed by atoms with Crippen molar-refractivity contribution in [2.45, 2.75) is 212 Å². The monoisotopic (exact) mass is 965 g/mol. The van der Waals surface area contributed by atoms with Crippen LogP contribution in [0.15, 0.2) is 109 Å². The number of hydrogen-bond donors (Lipinski definition) is 3. The molecule has 0 aromatic heterocycles. The summed E-state index contributed by atoms with van der Waals surface area (Å²) in [7, 11) is 0. The van der Waals surface area contributed by atoms with Gasteiger partial charge >= 0.3 is 23.9 Å². The quantitative estimate of drug-likeness (QED) is 0.0229. The molecule has 0 saturated carbocycles. The summed E-state index contributed by atoms with van der Waals surface area (Å²) in [6.07, 6.45) is 46.9. The fraction of sp³-hybridized carbons (Fsp3) is 0.614. The zero-order chi connectivity index (χ0) is 50.4. The van der Waals surface area contributed by atoms with Crippen molar-refractivity contribution in [3.63, 3.8) is 0 Å². The molecule has 1 heterocycles. The van der Waals surface area contributed by atoms with Crippen molar-refractivity contribution >= 4 is 23.9 Å². The summed E-state index contributed by atoms with van der Waals surface area (Å²) in [6.45, 7) is 5.61. The van der Waals surface area contributed by atoms with Gasteiger partial charge in [0.05, 0.1) is 13.0 Å². The molecular formula is C57H88O12. The van der Waals surface area contributed by atoms with Crippen LogP contribution in [0.25, 0.3) is 0 Å². The number of carbonyl (C=O) groups is 4. The van der Waals surface area contributed by atoms with Gasteiger partial charge in [-0.25, -0.2) is 4.79 Å². The average molecular weight is 965 g/mol. The molecule has 1 rings (SSSR count). The molecule has 1 aliphatic heterocycles. The maximum absolute atomic E-state index is 13.0. The molecular weight excluding hydrogens is 877 g/mol. The van der Waals surface area contributed by atoms with Crippen molar-refractivity contribution in [3.8, 4) is 0 Å². The molecule has 0 aromatic carbocycles. The number of hydrogen-bond acceptors (Lipinski definition) is 11. The highest BCUT2D eigenvalue weighted by molar-refractivity contribution is 5.74. The third-order valence-electron chi connectivity index (χ3n) is 10.9. The average Bonchev–Trinajstić information content (AvgIpc) is 3.33. The lowest BCUT2D eigenvalue weighted by molar-refractivity contribution is -0.301. The van der Waals surface area contributed by atoms with Crippen molar-refractivity contribution in [3.05, 3.63) is 109 Å². The molecule has 0 aliphatic carbocycles. The van der Waals surface area contributed by atoms with Gasteiger partial charge in [-0.2, -0.15) is 0 Å². The van der Waals surface area contributed by atoms with E-state index >= 15 is 0 Å². The second-order valence-corrected chi connectivity index (χ2v) is 17.1. The van der Waals surface area contributed by atoms with Gasteiger partial charge in [0.2, 0.25) is 0 Å². The molecule has 0 radical (unpaired) electrons. The van der Waals surface area contributed by atoms with Crippen molar-refractivity contribution in [2.24, 2.45) is 0 Å². The number of aliphatic hydroxyl groups is 2. The number of esters is 3. The van der Waals surface area contributed by atoms with Crippen LogP contribution in [0.2, 0.25) is 0 Å². The molecule has 69 heavy (non-hydrogen) atoms. The molecule has 388 valence electrons. The molecule has 0 spiro atoms. The number of carboxylic acid groups (broad SMARTS) is 1. The Balaban J connectivity index is 2.80. The lowest BCUT2D eigenvalue weighted by atomic mass is 9.98. The van der Waals surface area contributed by atoms with Gasteiger partial charge in [0.15, 0.2) is 24.6 Å². The topological polar surface area (TPSA) is 175 Å². The van der Waals surface area contributed by atoms with Gasteiger partial charge < -0.3 is 39.0 Å². The Bertz CT molecular complexity index is 1620. The highest BCUT2D eigenvalue weighted by Crippen LogP contribution is 2.26. The number of aliphatic carboxylic acids is 1. The van der Waals surface area contributed by atoms with Gasteiger partial charge in [0.1, 0.15) is 18.8 Å². The van der Waals surface area contributed by atoms with Crippen LogP contribution >= 0.6 is 0 Å². The lowest BCUT2D eigenvalue weighted by Crippen LogP contribution is -2.61. The first-order valence-electron chi connectivity index (χ1n) is 25.9. The largest absolute Gasteiger partial charge is 0.479 e. The first kappa shape index (κ1) is 62.4. The Labute approximate surface area is 415 Å². The van der Waals surface area contributed by atoms with E-state index in [-0.39, 0.29) is 25.9 Å². The Morgan fingerprint density at radius 1 is 0.507 bits per heavy atom. The molecule has 6 unspecified atom stereocenters. The van der Waals surface area contributed by atoms with Gasteiger partial charge in [-0.3, -0.25) is 14.4 Å². The number of unbranched alkanes of at least 4 members (excludes halogenated alkanes) is 10. The minimum absolute atomic E-state index is 0.138. The Kier molecular flexibility index (Phi) is 40.3. The highest BCUT2D eigenvalue weighted by atomic mass is 16.7. The van der Waals surface area contributed by atoms with Crippen LogP contribution in [-0.2, 0) is 42.9 Å². The first-order valence-corrected chi connectivity index (χ1v) is 25.9. The number of carbonyl (C=O) groups excluding carboxylic acids is 3. The van der Waals surface area contributed by atoms with Crippen molar-refractivity contribution < 1.29 is 58.2 Å². The third kappa shape index (κ3) is 35.2. The van der Waals surface area contributed by atoms with Gasteiger partial charge in [-0.15, -0.1) is 0 Å². The summed E-state index contributed by atoms with van der Waals surface area (Å²) in [5.41, 5.74) is 0. The summed E-state index contributed by atoms with van der Waals surface area (Å²) in [5, 5.41) is 31.3. The molecule has 0 amide bonds. The summed E-state index contributed by atoms with van der Waals surface area (Å²) in [4.78, 5) is 50.7. The Morgan fingerprint density at radius 3 is 1.46 bits per heavy atom. The SMILES string of the molecule is CC/C=C\C/C=C\C/C=C\C/C=C\C/C=C\CC(=O)OC1C(OCC(COC(=O)CCCC/C=C\C/C=C\C/C=C\C/C=C\CC)OC(=O)CCCCCCCCCCC)OC(C(=O)O)C(O)C1O. The van der Waals surface area contributed by atoms with Crippen molar-refractivity contribution in [2.75, 3.05) is 13.2 Å². The number of rotatable bonds is 41. The Hall–Kier alpha value is -4.62. The minimum atomic E-state index is -1.94. The molecule has 3 N–H and O–H groups in total. The van der Waals surface area contributed by atoms with Crippen LogP contribution in [0.5, 0.6) is 0 Å². The number of ether oxygens (including phenoxy) is 5. The van der Waals surface area contributed by atoms with Gasteiger partial charge in [0.25, 0.3) is 0 Å². The van der Waals surface area contributed by atoms with Gasteiger partial charge in [-0.05, 0) is 83.5 Å². The lowest BCUT2D eigenvalue weighted by Gasteiger charge is -2.40. The van der Waals surface area contributed by atoms with Crippen LogP contribution in [0.3, 0.4) is 0 Å². The van der Waals surface area contributed by atoms with E-state index in [1.54, 1.807) is 12.2 Å². The minimum Gasteiger partial charge on any atom is -0.479 e. The van der Waals surface area contributed by atoms with Gasteiger partial charge in [0, 0.05) is 12.8 Å². The predicted octanol–water partition coefficient (Wildman–Crippen LogP) is 12.3. The number of aliphatic hydroxyl groups excluding tert-OH is 2. The van der Waals surface area contributed by atoms with E-state index in [0.29, 0.717) is 19.3 Å². The van der Waals surface area contributed by atoms with Crippen LogP contribution in [0.4, 0.5) is 0 Å². The Morgan fingerprint density at radius 2 is 0.957 bits per heavy atom. The maximum atomic E-state index is 13.0. The second-order valence-electron chi connectivity index (χ2n) is 17.1. The van der Waals surface area contributed by atoms with Gasteiger partial charge in [-0.1, -0.05) is 182 Å².